The molecular weight excluding hydrogens is 358 g/mol. The molecule has 1 heterocycles. The summed E-state index contributed by atoms with van der Waals surface area (Å²) < 4.78 is 13.1. The molecule has 0 saturated carbocycles. The predicted octanol–water partition coefficient (Wildman–Crippen LogP) is 3.00. The fourth-order valence-electron chi connectivity index (χ4n) is 2.13. The lowest BCUT2D eigenvalue weighted by molar-refractivity contribution is 0.182. The molecule has 1 atom stereocenters. The monoisotopic (exact) mass is 373 g/mol. The van der Waals surface area contributed by atoms with Crippen LogP contribution >= 0.6 is 27.5 Å². The van der Waals surface area contributed by atoms with E-state index in [9.17, 15) is 0 Å². The number of aromatic nitrogens is 2. The summed E-state index contributed by atoms with van der Waals surface area (Å²) in [6.07, 6.45) is 1.73. The molecule has 0 amide bonds. The Morgan fingerprint density at radius 1 is 1.43 bits per heavy atom. The van der Waals surface area contributed by atoms with E-state index >= 15 is 0 Å². The van der Waals surface area contributed by atoms with Gasteiger partial charge in [0.1, 0.15) is 5.75 Å². The highest BCUT2D eigenvalue weighted by Gasteiger charge is 2.21. The smallest absolute Gasteiger partial charge is 0.125 e. The molecule has 5 nitrogen and oxygen atoms in total. The fourth-order valence-corrected chi connectivity index (χ4v) is 2.83. The minimum atomic E-state index is -0.383. The Hall–Kier alpha value is -1.08. The number of rotatable bonds is 6. The first-order valence-electron chi connectivity index (χ1n) is 6.37. The number of benzene rings is 1. The number of nitrogens with two attached hydrogens (primary N) is 1. The Labute approximate surface area is 137 Å². The van der Waals surface area contributed by atoms with Crippen LogP contribution in [-0.4, -0.2) is 30.6 Å². The first kappa shape index (κ1) is 16.3. The molecule has 21 heavy (non-hydrogen) atoms. The molecular formula is C14H17BrClN3O2. The van der Waals surface area contributed by atoms with Gasteiger partial charge in [0.25, 0.3) is 0 Å². The zero-order chi connectivity index (χ0) is 15.4. The summed E-state index contributed by atoms with van der Waals surface area (Å²) in [5.41, 5.74) is 8.12. The molecule has 1 aromatic carbocycles. The van der Waals surface area contributed by atoms with E-state index in [-0.39, 0.29) is 6.04 Å². The summed E-state index contributed by atoms with van der Waals surface area (Å²) in [4.78, 5) is 0. The van der Waals surface area contributed by atoms with Gasteiger partial charge >= 0.3 is 0 Å². The van der Waals surface area contributed by atoms with Gasteiger partial charge in [-0.2, -0.15) is 5.10 Å². The fraction of sp³-hybridized carbons (Fsp3) is 0.357. The van der Waals surface area contributed by atoms with Crippen molar-refractivity contribution >= 4 is 27.5 Å². The average molecular weight is 375 g/mol. The number of methoxy groups -OCH3 is 2. The maximum atomic E-state index is 6.41. The second-order valence-electron chi connectivity index (χ2n) is 4.46. The zero-order valence-corrected chi connectivity index (χ0v) is 14.2. The predicted molar refractivity (Wildman–Crippen MR) is 85.8 cm³/mol. The Morgan fingerprint density at radius 3 is 2.86 bits per heavy atom. The number of hydrogen-bond donors (Lipinski definition) is 1. The zero-order valence-electron chi connectivity index (χ0n) is 11.8. The summed E-state index contributed by atoms with van der Waals surface area (Å²) >= 11 is 9.49. The standard InChI is InChI=1S/C14H17BrClN3O2/c1-20-6-5-19-14(11(15)8-18-19)13(17)10-4-3-9(16)7-12(10)21-2/h3-4,7-8,13H,5-6,17H2,1-2H3. The van der Waals surface area contributed by atoms with Crippen molar-refractivity contribution in [2.75, 3.05) is 20.8 Å². The Balaban J connectivity index is 2.40. The average Bonchev–Trinajstić information content (AvgIpc) is 2.85. The van der Waals surface area contributed by atoms with E-state index in [0.717, 1.165) is 15.7 Å². The number of halogens is 2. The van der Waals surface area contributed by atoms with E-state index in [0.29, 0.717) is 23.9 Å². The first-order chi connectivity index (χ1) is 10.1. The van der Waals surface area contributed by atoms with Crippen molar-refractivity contribution in [3.05, 3.63) is 45.1 Å². The molecule has 114 valence electrons. The van der Waals surface area contributed by atoms with Gasteiger partial charge in [0.15, 0.2) is 0 Å². The second-order valence-corrected chi connectivity index (χ2v) is 5.75. The minimum absolute atomic E-state index is 0.383. The van der Waals surface area contributed by atoms with Crippen molar-refractivity contribution < 1.29 is 9.47 Å². The molecule has 0 aliphatic heterocycles. The maximum absolute atomic E-state index is 6.41. The van der Waals surface area contributed by atoms with Gasteiger partial charge in [-0.25, -0.2) is 0 Å². The van der Waals surface area contributed by atoms with Crippen LogP contribution < -0.4 is 10.5 Å². The molecule has 0 aliphatic carbocycles. The van der Waals surface area contributed by atoms with Crippen molar-refractivity contribution in [3.63, 3.8) is 0 Å². The Kier molecular flexibility index (Phi) is 5.64. The van der Waals surface area contributed by atoms with E-state index in [1.54, 1.807) is 32.5 Å². The molecule has 0 fully saturated rings. The van der Waals surface area contributed by atoms with E-state index in [1.807, 2.05) is 10.7 Å². The SMILES string of the molecule is COCCn1ncc(Br)c1C(N)c1ccc(Cl)cc1OC. The van der Waals surface area contributed by atoms with E-state index < -0.39 is 0 Å². The number of nitrogens with zero attached hydrogens (tertiary/aromatic N) is 2. The topological polar surface area (TPSA) is 62.3 Å². The van der Waals surface area contributed by atoms with Gasteiger partial charge in [0.05, 0.1) is 42.7 Å². The molecule has 0 bridgehead atoms. The van der Waals surface area contributed by atoms with Crippen LogP contribution in [0.15, 0.2) is 28.9 Å². The molecule has 2 rings (SSSR count). The third-order valence-electron chi connectivity index (χ3n) is 3.17. The van der Waals surface area contributed by atoms with Crippen LogP contribution in [0.25, 0.3) is 0 Å². The van der Waals surface area contributed by atoms with Gasteiger partial charge in [-0.3, -0.25) is 4.68 Å². The van der Waals surface area contributed by atoms with Gasteiger partial charge in [-0.1, -0.05) is 17.7 Å². The molecule has 0 spiro atoms. The maximum Gasteiger partial charge on any atom is 0.125 e. The molecule has 0 aliphatic rings. The normalized spacial score (nSPS) is 12.4. The molecule has 2 N–H and O–H groups in total. The quantitative estimate of drug-likeness (QED) is 0.844. The Bertz CT molecular complexity index is 618. The van der Waals surface area contributed by atoms with Crippen molar-refractivity contribution in [3.8, 4) is 5.75 Å². The van der Waals surface area contributed by atoms with Gasteiger partial charge in [0, 0.05) is 17.7 Å². The van der Waals surface area contributed by atoms with Crippen LogP contribution in [0.1, 0.15) is 17.3 Å². The highest BCUT2D eigenvalue weighted by Crippen LogP contribution is 2.33. The van der Waals surface area contributed by atoms with Crippen LogP contribution in [-0.2, 0) is 11.3 Å². The minimum Gasteiger partial charge on any atom is -0.496 e. The number of hydrogen-bond acceptors (Lipinski definition) is 4. The largest absolute Gasteiger partial charge is 0.496 e. The van der Waals surface area contributed by atoms with Crippen LogP contribution in [0.5, 0.6) is 5.75 Å². The summed E-state index contributed by atoms with van der Waals surface area (Å²) in [7, 11) is 3.25. The van der Waals surface area contributed by atoms with Crippen molar-refractivity contribution in [1.29, 1.82) is 0 Å². The summed E-state index contributed by atoms with van der Waals surface area (Å²) in [5.74, 6) is 0.654. The molecule has 2 aromatic rings. The van der Waals surface area contributed by atoms with Gasteiger partial charge in [-0.15, -0.1) is 0 Å². The Morgan fingerprint density at radius 2 is 2.19 bits per heavy atom. The van der Waals surface area contributed by atoms with Crippen LogP contribution in [0, 0.1) is 0 Å². The lowest BCUT2D eigenvalue weighted by Crippen LogP contribution is -2.20. The molecule has 0 radical (unpaired) electrons. The van der Waals surface area contributed by atoms with Crippen molar-refractivity contribution in [2.45, 2.75) is 12.6 Å². The summed E-state index contributed by atoms with van der Waals surface area (Å²) in [6.45, 7) is 1.19. The van der Waals surface area contributed by atoms with Gasteiger partial charge < -0.3 is 15.2 Å². The third-order valence-corrected chi connectivity index (χ3v) is 4.01. The van der Waals surface area contributed by atoms with Crippen LogP contribution in [0.4, 0.5) is 0 Å². The summed E-state index contributed by atoms with van der Waals surface area (Å²) in [5, 5.41) is 4.92. The highest BCUT2D eigenvalue weighted by atomic mass is 79.9. The molecule has 0 saturated heterocycles. The van der Waals surface area contributed by atoms with Crippen molar-refractivity contribution in [2.24, 2.45) is 5.73 Å². The lowest BCUT2D eigenvalue weighted by Gasteiger charge is -2.18. The lowest BCUT2D eigenvalue weighted by atomic mass is 10.0. The van der Waals surface area contributed by atoms with Gasteiger partial charge in [-0.05, 0) is 28.1 Å². The van der Waals surface area contributed by atoms with Crippen LogP contribution in [0.3, 0.4) is 0 Å². The van der Waals surface area contributed by atoms with Crippen LogP contribution in [0.2, 0.25) is 5.02 Å². The van der Waals surface area contributed by atoms with Crippen molar-refractivity contribution in [1.82, 2.24) is 9.78 Å². The number of ether oxygens (including phenoxy) is 2. The molecule has 1 unspecified atom stereocenters. The highest BCUT2D eigenvalue weighted by molar-refractivity contribution is 9.10. The van der Waals surface area contributed by atoms with Gasteiger partial charge in [0.2, 0.25) is 0 Å². The second kappa shape index (κ2) is 7.26. The summed E-state index contributed by atoms with van der Waals surface area (Å²) in [6, 6.07) is 5.03. The molecule has 7 heteroatoms. The first-order valence-corrected chi connectivity index (χ1v) is 7.54. The van der Waals surface area contributed by atoms with E-state index in [4.69, 9.17) is 26.8 Å². The van der Waals surface area contributed by atoms with E-state index in [1.165, 1.54) is 0 Å². The third kappa shape index (κ3) is 3.58. The van der Waals surface area contributed by atoms with E-state index in [2.05, 4.69) is 21.0 Å². The molecule has 1 aromatic heterocycles.